The van der Waals surface area contributed by atoms with Crippen molar-refractivity contribution in [2.24, 2.45) is 0 Å². The Labute approximate surface area is 219 Å². The van der Waals surface area contributed by atoms with Gasteiger partial charge in [0.1, 0.15) is 5.56 Å². The Hall–Kier alpha value is -4.83. The van der Waals surface area contributed by atoms with Crippen LogP contribution in [0.5, 0.6) is 0 Å². The molecule has 1 aliphatic rings. The lowest BCUT2D eigenvalue weighted by Gasteiger charge is -2.23. The number of nitrogens with one attached hydrogen (secondary N) is 1. The minimum atomic E-state index is -4.85. The molecule has 17 heteroatoms. The maximum absolute atomic E-state index is 14.1. The Bertz CT molecular complexity index is 1740. The zero-order valence-electron chi connectivity index (χ0n) is 20.2. The lowest BCUT2D eigenvalue weighted by Crippen LogP contribution is -2.26. The number of carbonyl (C=O) groups is 1. The van der Waals surface area contributed by atoms with Crippen molar-refractivity contribution in [1.29, 1.82) is 0 Å². The molecule has 11 nitrogen and oxygen atoms in total. The van der Waals surface area contributed by atoms with E-state index < -0.39 is 47.3 Å². The van der Waals surface area contributed by atoms with E-state index in [0.717, 1.165) is 18.5 Å². The second kappa shape index (κ2) is 8.85. The molecule has 40 heavy (non-hydrogen) atoms. The largest absolute Gasteiger partial charge is 0.420 e. The molecule has 206 valence electrons. The van der Waals surface area contributed by atoms with Crippen molar-refractivity contribution in [2.75, 3.05) is 5.32 Å². The fourth-order valence-electron chi connectivity index (χ4n) is 4.99. The van der Waals surface area contributed by atoms with Crippen LogP contribution >= 0.6 is 0 Å². The Kier molecular flexibility index (Phi) is 5.63. The van der Waals surface area contributed by atoms with Gasteiger partial charge >= 0.3 is 12.7 Å². The molecule has 5 aromatic heterocycles. The molecular weight excluding hydrogens is 546 g/mol. The first-order chi connectivity index (χ1) is 19.0. The highest BCUT2D eigenvalue weighted by atomic mass is 19.4. The highest BCUT2D eigenvalue weighted by molar-refractivity contribution is 5.97. The minimum Gasteiger partial charge on any atom is -0.324 e. The van der Waals surface area contributed by atoms with Gasteiger partial charge in [-0.3, -0.25) is 4.79 Å². The molecular formula is C23H16F6N10O. The molecule has 1 aliphatic carbocycles. The van der Waals surface area contributed by atoms with E-state index in [1.165, 1.54) is 29.2 Å². The molecule has 0 aliphatic heterocycles. The van der Waals surface area contributed by atoms with Crippen LogP contribution in [0.3, 0.4) is 0 Å². The van der Waals surface area contributed by atoms with Crippen LogP contribution in [0.15, 0.2) is 49.2 Å². The molecule has 1 amide bonds. The summed E-state index contributed by atoms with van der Waals surface area (Å²) in [5.74, 6) is -3.21. The van der Waals surface area contributed by atoms with Crippen LogP contribution in [0, 0.1) is 5.95 Å². The average molecular weight is 562 g/mol. The van der Waals surface area contributed by atoms with E-state index in [9.17, 15) is 31.1 Å². The smallest absolute Gasteiger partial charge is 0.324 e. The molecule has 5 aromatic rings. The molecule has 0 unspecified atom stereocenters. The van der Waals surface area contributed by atoms with Gasteiger partial charge in [-0.05, 0) is 25.5 Å². The van der Waals surface area contributed by atoms with Crippen molar-refractivity contribution in [3.63, 3.8) is 0 Å². The molecule has 0 saturated carbocycles. The van der Waals surface area contributed by atoms with Crippen LogP contribution in [-0.4, -0.2) is 50.3 Å². The Morgan fingerprint density at radius 1 is 1.12 bits per heavy atom. The first-order valence-corrected chi connectivity index (χ1v) is 11.6. The predicted molar refractivity (Wildman–Crippen MR) is 123 cm³/mol. The van der Waals surface area contributed by atoms with Crippen LogP contribution in [0.25, 0.3) is 11.5 Å². The number of hydrogen-bond acceptors (Lipinski definition) is 7. The van der Waals surface area contributed by atoms with E-state index in [4.69, 9.17) is 0 Å². The summed E-state index contributed by atoms with van der Waals surface area (Å²) in [6.45, 7) is -1.29. The lowest BCUT2D eigenvalue weighted by atomic mass is 9.82. The van der Waals surface area contributed by atoms with Crippen LogP contribution in [0.1, 0.15) is 48.3 Å². The second-order valence-electron chi connectivity index (χ2n) is 9.25. The molecule has 5 heterocycles. The zero-order valence-corrected chi connectivity index (χ0v) is 20.2. The van der Waals surface area contributed by atoms with Gasteiger partial charge in [-0.2, -0.15) is 41.6 Å². The third-order valence-corrected chi connectivity index (χ3v) is 6.73. The number of amides is 1. The summed E-state index contributed by atoms with van der Waals surface area (Å²) in [6.07, 6.45) is 0.900. The molecule has 0 spiro atoms. The number of alkyl halides is 5. The first-order valence-electron chi connectivity index (χ1n) is 11.6. The summed E-state index contributed by atoms with van der Waals surface area (Å²) >= 11 is 0. The highest BCUT2D eigenvalue weighted by Gasteiger charge is 2.49. The average Bonchev–Trinajstić information content (AvgIpc) is 3.68. The number of carbonyl (C=O) groups excluding carboxylic acids is 1. The van der Waals surface area contributed by atoms with E-state index in [1.807, 2.05) is 0 Å². The number of nitrogens with zero attached hydrogens (tertiary/aromatic N) is 9. The van der Waals surface area contributed by atoms with Crippen molar-refractivity contribution in [3.8, 4) is 5.82 Å². The summed E-state index contributed by atoms with van der Waals surface area (Å²) < 4.78 is 83.7. The molecule has 2 atom stereocenters. The minimum absolute atomic E-state index is 0.0501. The van der Waals surface area contributed by atoms with E-state index >= 15 is 0 Å². The molecule has 0 fully saturated rings. The SMILES string of the molecule is C[C@]1(c2ccn(C(F)F)n2)C[C@H](C(=O)Nc2cnc(-n3nccn3)c(C(F)(F)F)c2)c2cnc3cc(F)nn3c21. The van der Waals surface area contributed by atoms with Crippen molar-refractivity contribution in [1.82, 2.24) is 44.4 Å². The molecule has 0 bridgehead atoms. The highest BCUT2D eigenvalue weighted by Crippen LogP contribution is 2.49. The maximum atomic E-state index is 14.1. The molecule has 6 rings (SSSR count). The van der Waals surface area contributed by atoms with Gasteiger partial charge < -0.3 is 5.32 Å². The fourth-order valence-corrected chi connectivity index (χ4v) is 4.99. The second-order valence-corrected chi connectivity index (χ2v) is 9.25. The summed E-state index contributed by atoms with van der Waals surface area (Å²) in [5, 5.41) is 17.6. The topological polar surface area (TPSA) is 121 Å². The van der Waals surface area contributed by atoms with Crippen molar-refractivity contribution in [3.05, 3.63) is 77.6 Å². The van der Waals surface area contributed by atoms with Crippen molar-refractivity contribution < 1.29 is 31.1 Å². The van der Waals surface area contributed by atoms with Gasteiger partial charge in [-0.15, -0.1) is 9.90 Å². The van der Waals surface area contributed by atoms with Crippen molar-refractivity contribution in [2.45, 2.75) is 37.4 Å². The summed E-state index contributed by atoms with van der Waals surface area (Å²) in [6, 6.07) is 3.11. The van der Waals surface area contributed by atoms with Gasteiger partial charge in [0.15, 0.2) is 11.5 Å². The molecule has 0 aromatic carbocycles. The third-order valence-electron chi connectivity index (χ3n) is 6.73. The van der Waals surface area contributed by atoms with Gasteiger partial charge in [0.2, 0.25) is 11.9 Å². The van der Waals surface area contributed by atoms with Gasteiger partial charge in [-0.1, -0.05) is 0 Å². The number of halogens is 6. The summed E-state index contributed by atoms with van der Waals surface area (Å²) in [5.41, 5.74) is -1.83. The molecule has 1 N–H and O–H groups in total. The van der Waals surface area contributed by atoms with E-state index in [2.05, 4.69) is 35.7 Å². The van der Waals surface area contributed by atoms with Gasteiger partial charge in [-0.25, -0.2) is 19.2 Å². The van der Waals surface area contributed by atoms with E-state index in [1.54, 1.807) is 6.92 Å². The number of pyridine rings is 1. The van der Waals surface area contributed by atoms with Gasteiger partial charge in [0.05, 0.1) is 47.0 Å². The third kappa shape index (κ3) is 4.04. The predicted octanol–water partition coefficient (Wildman–Crippen LogP) is 3.89. The van der Waals surface area contributed by atoms with Gasteiger partial charge in [0.25, 0.3) is 0 Å². The van der Waals surface area contributed by atoms with Crippen LogP contribution in [-0.2, 0) is 16.4 Å². The van der Waals surface area contributed by atoms with E-state index in [-0.39, 0.29) is 34.7 Å². The number of hydrogen-bond donors (Lipinski definition) is 1. The number of anilines is 1. The summed E-state index contributed by atoms with van der Waals surface area (Å²) in [7, 11) is 0. The number of rotatable bonds is 5. The Balaban J connectivity index is 1.40. The van der Waals surface area contributed by atoms with Crippen LogP contribution < -0.4 is 5.32 Å². The van der Waals surface area contributed by atoms with Crippen LogP contribution in [0.4, 0.5) is 32.0 Å². The Morgan fingerprint density at radius 2 is 1.88 bits per heavy atom. The molecule has 0 radical (unpaired) electrons. The quantitative estimate of drug-likeness (QED) is 0.323. The molecule has 0 saturated heterocycles. The fraction of sp³-hybridized carbons (Fsp3) is 0.261. The normalized spacial score (nSPS) is 18.9. The Morgan fingerprint density at radius 3 is 2.55 bits per heavy atom. The van der Waals surface area contributed by atoms with Crippen LogP contribution in [0.2, 0.25) is 0 Å². The summed E-state index contributed by atoms with van der Waals surface area (Å²) in [4.78, 5) is 22.2. The lowest BCUT2D eigenvalue weighted by molar-refractivity contribution is -0.137. The standard InChI is InChI=1S/C23H16F6N10O/c1-22(15-2-5-37(35-15)21(25)26)8-12(13-10-30-17-7-16(24)36-38(17)18(13)22)20(40)34-11-6-14(23(27,28)29)19(31-9-11)39-32-3-4-33-39/h2-7,9-10,12,21H,8H2,1H3,(H,34,40)/t12-,22+/m0/s1. The monoisotopic (exact) mass is 562 g/mol. The first kappa shape index (κ1) is 25.4. The zero-order chi connectivity index (χ0) is 28.4. The number of aromatic nitrogens is 9. The van der Waals surface area contributed by atoms with Crippen molar-refractivity contribution >= 4 is 17.2 Å². The number of fused-ring (bicyclic) bond motifs is 3. The van der Waals surface area contributed by atoms with E-state index in [0.29, 0.717) is 15.5 Å². The van der Waals surface area contributed by atoms with Gasteiger partial charge in [0, 0.05) is 24.0 Å². The maximum Gasteiger partial charge on any atom is 0.420 e.